The normalized spacial score (nSPS) is 14.8. The highest BCUT2D eigenvalue weighted by molar-refractivity contribution is 8.18. The van der Waals surface area contributed by atoms with E-state index >= 15 is 0 Å². The number of carbonyl (C=O) groups is 2. The molecule has 6 heteroatoms. The Kier molecular flexibility index (Phi) is 6.69. The lowest BCUT2D eigenvalue weighted by atomic mass is 10.1. The fourth-order valence-electron chi connectivity index (χ4n) is 3.10. The van der Waals surface area contributed by atoms with Gasteiger partial charge in [-0.25, -0.2) is 0 Å². The van der Waals surface area contributed by atoms with Crippen molar-refractivity contribution in [3.8, 4) is 11.5 Å². The molecule has 0 aromatic heterocycles. The van der Waals surface area contributed by atoms with E-state index in [9.17, 15) is 9.59 Å². The van der Waals surface area contributed by atoms with Crippen LogP contribution in [0, 0.1) is 0 Å². The molecular formula is C25H21NO4S. The van der Waals surface area contributed by atoms with Gasteiger partial charge in [-0.15, -0.1) is 0 Å². The Hall–Kier alpha value is -3.51. The van der Waals surface area contributed by atoms with Gasteiger partial charge in [0.1, 0.15) is 24.7 Å². The van der Waals surface area contributed by atoms with E-state index in [1.165, 1.54) is 4.90 Å². The second-order valence-electron chi connectivity index (χ2n) is 6.80. The Balaban J connectivity index is 1.41. The van der Waals surface area contributed by atoms with E-state index in [-0.39, 0.29) is 17.7 Å². The molecule has 1 aliphatic heterocycles. The van der Waals surface area contributed by atoms with Gasteiger partial charge in [0.2, 0.25) is 0 Å². The number of thioether (sulfide) groups is 1. The van der Waals surface area contributed by atoms with Crippen LogP contribution in [0.1, 0.15) is 11.1 Å². The van der Waals surface area contributed by atoms with E-state index in [0.717, 1.165) is 28.6 Å². The van der Waals surface area contributed by atoms with Crippen molar-refractivity contribution in [3.63, 3.8) is 0 Å². The van der Waals surface area contributed by atoms with Crippen molar-refractivity contribution in [1.29, 1.82) is 0 Å². The fourth-order valence-corrected chi connectivity index (χ4v) is 3.93. The maximum atomic E-state index is 12.8. The van der Waals surface area contributed by atoms with Gasteiger partial charge in [0.05, 0.1) is 11.4 Å². The molecule has 1 fully saturated rings. The van der Waals surface area contributed by atoms with Crippen molar-refractivity contribution in [2.24, 2.45) is 0 Å². The smallest absolute Gasteiger partial charge is 0.293 e. The first-order valence-corrected chi connectivity index (χ1v) is 10.7. The van der Waals surface area contributed by atoms with Gasteiger partial charge >= 0.3 is 0 Å². The first-order chi connectivity index (χ1) is 15.2. The Morgan fingerprint density at radius 1 is 0.774 bits per heavy atom. The lowest BCUT2D eigenvalue weighted by Gasteiger charge is -2.12. The number of nitrogens with zero attached hydrogens (tertiary/aromatic N) is 1. The highest BCUT2D eigenvalue weighted by atomic mass is 32.2. The lowest BCUT2D eigenvalue weighted by molar-refractivity contribution is -0.123. The minimum absolute atomic E-state index is 0.262. The van der Waals surface area contributed by atoms with Crippen molar-refractivity contribution < 1.29 is 19.1 Å². The minimum atomic E-state index is -0.291. The van der Waals surface area contributed by atoms with Crippen LogP contribution in [0.25, 0.3) is 6.08 Å². The number of hydrogen-bond donors (Lipinski definition) is 0. The summed E-state index contributed by atoms with van der Waals surface area (Å²) in [6, 6.07) is 26.4. The molecule has 1 saturated heterocycles. The van der Waals surface area contributed by atoms with Crippen LogP contribution < -0.4 is 9.47 Å². The summed E-state index contributed by atoms with van der Waals surface area (Å²) < 4.78 is 11.5. The third-order valence-electron chi connectivity index (χ3n) is 4.62. The molecule has 156 valence electrons. The Morgan fingerprint density at radius 3 is 2.19 bits per heavy atom. The number of para-hydroxylation sites is 2. The zero-order valence-corrected chi connectivity index (χ0v) is 17.6. The predicted molar refractivity (Wildman–Crippen MR) is 122 cm³/mol. The molecule has 3 aromatic rings. The molecule has 1 aliphatic rings. The van der Waals surface area contributed by atoms with Gasteiger partial charge in [-0.3, -0.25) is 14.5 Å². The topological polar surface area (TPSA) is 55.8 Å². The number of amides is 2. The van der Waals surface area contributed by atoms with Gasteiger partial charge in [0.25, 0.3) is 11.1 Å². The maximum Gasteiger partial charge on any atom is 0.293 e. The molecule has 0 saturated carbocycles. The Bertz CT molecular complexity index is 1080. The van der Waals surface area contributed by atoms with E-state index in [0.29, 0.717) is 23.9 Å². The van der Waals surface area contributed by atoms with E-state index in [1.54, 1.807) is 6.08 Å². The van der Waals surface area contributed by atoms with Crippen molar-refractivity contribution in [2.45, 2.75) is 6.54 Å². The van der Waals surface area contributed by atoms with E-state index in [2.05, 4.69) is 0 Å². The monoisotopic (exact) mass is 431 g/mol. The number of hydrogen-bond acceptors (Lipinski definition) is 5. The van der Waals surface area contributed by atoms with Gasteiger partial charge in [-0.05, 0) is 41.6 Å². The molecule has 0 atom stereocenters. The number of benzene rings is 3. The van der Waals surface area contributed by atoms with Crippen LogP contribution in [0.4, 0.5) is 4.79 Å². The fraction of sp³-hybridized carbons (Fsp3) is 0.120. The summed E-state index contributed by atoms with van der Waals surface area (Å²) in [4.78, 5) is 26.9. The van der Waals surface area contributed by atoms with E-state index in [1.807, 2.05) is 84.9 Å². The second kappa shape index (κ2) is 10.00. The molecule has 0 unspecified atom stereocenters. The molecule has 0 N–H and O–H groups in total. The van der Waals surface area contributed by atoms with Crippen molar-refractivity contribution in [1.82, 2.24) is 4.90 Å². The average molecular weight is 432 g/mol. The summed E-state index contributed by atoms with van der Waals surface area (Å²) in [5.74, 6) is 1.13. The predicted octanol–water partition coefficient (Wildman–Crippen LogP) is 5.38. The summed E-state index contributed by atoms with van der Waals surface area (Å²) in [5, 5.41) is -0.269. The highest BCUT2D eigenvalue weighted by Crippen LogP contribution is 2.34. The van der Waals surface area contributed by atoms with Crippen molar-refractivity contribution in [2.75, 3.05) is 13.2 Å². The van der Waals surface area contributed by atoms with Gasteiger partial charge in [-0.1, -0.05) is 66.7 Å². The SMILES string of the molecule is O=C1S/C(=C\c2ccccc2OCCOc2ccccc2)C(=O)N1Cc1ccccc1. The highest BCUT2D eigenvalue weighted by Gasteiger charge is 2.35. The maximum absolute atomic E-state index is 12.8. The lowest BCUT2D eigenvalue weighted by Crippen LogP contribution is -2.27. The van der Waals surface area contributed by atoms with Crippen LogP contribution in [0.2, 0.25) is 0 Å². The molecule has 3 aromatic carbocycles. The van der Waals surface area contributed by atoms with Crippen LogP contribution in [0.5, 0.6) is 11.5 Å². The Labute approximate surface area is 185 Å². The zero-order valence-electron chi connectivity index (χ0n) is 16.8. The number of ether oxygens (including phenoxy) is 2. The molecule has 0 radical (unpaired) electrons. The Morgan fingerprint density at radius 2 is 1.42 bits per heavy atom. The summed E-state index contributed by atoms with van der Waals surface area (Å²) in [6.45, 7) is 1.01. The molecule has 5 nitrogen and oxygen atoms in total. The molecule has 31 heavy (non-hydrogen) atoms. The van der Waals surface area contributed by atoms with E-state index < -0.39 is 0 Å². The first kappa shape index (κ1) is 20.8. The van der Waals surface area contributed by atoms with Crippen LogP contribution in [-0.2, 0) is 11.3 Å². The number of carbonyl (C=O) groups excluding carboxylic acids is 2. The van der Waals surface area contributed by atoms with Crippen LogP contribution in [0.15, 0.2) is 89.8 Å². The van der Waals surface area contributed by atoms with Crippen molar-refractivity contribution in [3.05, 3.63) is 101 Å². The summed E-state index contributed by atoms with van der Waals surface area (Å²) >= 11 is 0.948. The van der Waals surface area contributed by atoms with Crippen LogP contribution in [-0.4, -0.2) is 29.3 Å². The largest absolute Gasteiger partial charge is 0.490 e. The third kappa shape index (κ3) is 5.35. The number of rotatable bonds is 8. The molecule has 0 bridgehead atoms. The molecule has 4 rings (SSSR count). The average Bonchev–Trinajstić information content (AvgIpc) is 3.06. The van der Waals surface area contributed by atoms with Gasteiger partial charge < -0.3 is 9.47 Å². The molecule has 0 aliphatic carbocycles. The van der Waals surface area contributed by atoms with Crippen LogP contribution in [0.3, 0.4) is 0 Å². The third-order valence-corrected chi connectivity index (χ3v) is 5.52. The minimum Gasteiger partial charge on any atom is -0.490 e. The quantitative estimate of drug-likeness (QED) is 0.354. The number of imide groups is 1. The zero-order chi connectivity index (χ0) is 21.5. The standard InChI is InChI=1S/C25H21NO4S/c27-24-23(31-25(28)26(24)18-19-9-3-1-4-10-19)17-20-11-7-8-14-22(20)30-16-15-29-21-12-5-2-6-13-21/h1-14,17H,15-16,18H2/b23-17-. The summed E-state index contributed by atoms with van der Waals surface area (Å²) in [6.07, 6.45) is 1.71. The summed E-state index contributed by atoms with van der Waals surface area (Å²) in [7, 11) is 0. The summed E-state index contributed by atoms with van der Waals surface area (Å²) in [5.41, 5.74) is 1.65. The molecule has 1 heterocycles. The van der Waals surface area contributed by atoms with Gasteiger partial charge in [0.15, 0.2) is 0 Å². The molecule has 2 amide bonds. The van der Waals surface area contributed by atoms with Gasteiger partial charge in [-0.2, -0.15) is 0 Å². The molecule has 0 spiro atoms. The second-order valence-corrected chi connectivity index (χ2v) is 7.79. The van der Waals surface area contributed by atoms with Crippen LogP contribution >= 0.6 is 11.8 Å². The first-order valence-electron chi connectivity index (χ1n) is 9.90. The van der Waals surface area contributed by atoms with Crippen molar-refractivity contribution >= 4 is 29.0 Å². The van der Waals surface area contributed by atoms with E-state index in [4.69, 9.17) is 9.47 Å². The molecular weight excluding hydrogens is 410 g/mol. The van der Waals surface area contributed by atoms with Gasteiger partial charge in [0, 0.05) is 5.56 Å².